The molecule has 0 aromatic heterocycles. The average Bonchev–Trinajstić information content (AvgIpc) is 2.29. The molecule has 0 amide bonds. The van der Waals surface area contributed by atoms with Crippen LogP contribution in [0.3, 0.4) is 0 Å². The van der Waals surface area contributed by atoms with Gasteiger partial charge in [-0.25, -0.2) is 0 Å². The molecule has 0 saturated carbocycles. The standard InChI is InChI=1S/C16H34O2Si/c1-8-9-10-14(2)11-12-15(17)13-18-19(6,7)16(3,4)5/h11-12,14-15,17H,8-10,13H2,1-7H3/b12-11+/t14-,15+/m0/s1. The summed E-state index contributed by atoms with van der Waals surface area (Å²) in [4.78, 5) is 0. The Bertz CT molecular complexity index is 266. The van der Waals surface area contributed by atoms with E-state index in [2.05, 4.69) is 53.8 Å². The van der Waals surface area contributed by atoms with Crippen LogP contribution in [0.2, 0.25) is 18.1 Å². The Kier molecular flexibility index (Phi) is 8.17. The van der Waals surface area contributed by atoms with Crippen molar-refractivity contribution in [2.24, 2.45) is 5.92 Å². The van der Waals surface area contributed by atoms with Crippen LogP contribution in [0, 0.1) is 5.92 Å². The van der Waals surface area contributed by atoms with E-state index in [1.165, 1.54) is 19.3 Å². The highest BCUT2D eigenvalue weighted by atomic mass is 28.4. The van der Waals surface area contributed by atoms with E-state index in [0.29, 0.717) is 12.5 Å². The summed E-state index contributed by atoms with van der Waals surface area (Å²) in [5.74, 6) is 0.544. The van der Waals surface area contributed by atoms with Crippen molar-refractivity contribution >= 4 is 8.32 Å². The van der Waals surface area contributed by atoms with Gasteiger partial charge in [-0.1, -0.05) is 59.6 Å². The third-order valence-electron chi connectivity index (χ3n) is 4.10. The first-order valence-electron chi connectivity index (χ1n) is 7.60. The molecule has 0 fully saturated rings. The Morgan fingerprint density at radius 1 is 1.21 bits per heavy atom. The predicted octanol–water partition coefficient (Wildman–Crippen LogP) is 4.75. The highest BCUT2D eigenvalue weighted by molar-refractivity contribution is 6.74. The van der Waals surface area contributed by atoms with Crippen LogP contribution in [0.1, 0.15) is 53.9 Å². The quantitative estimate of drug-likeness (QED) is 0.515. The molecule has 19 heavy (non-hydrogen) atoms. The maximum Gasteiger partial charge on any atom is 0.192 e. The number of allylic oxidation sites excluding steroid dienone is 1. The number of rotatable bonds is 8. The van der Waals surface area contributed by atoms with E-state index in [0.717, 1.165) is 0 Å². The van der Waals surface area contributed by atoms with Gasteiger partial charge >= 0.3 is 0 Å². The van der Waals surface area contributed by atoms with Crippen LogP contribution in [0.25, 0.3) is 0 Å². The molecule has 0 aliphatic carbocycles. The summed E-state index contributed by atoms with van der Waals surface area (Å²) in [6.07, 6.45) is 7.22. The van der Waals surface area contributed by atoms with Gasteiger partial charge in [0.15, 0.2) is 8.32 Å². The van der Waals surface area contributed by atoms with Gasteiger partial charge in [0.05, 0.1) is 12.7 Å². The molecule has 0 heterocycles. The van der Waals surface area contributed by atoms with Gasteiger partial charge in [0, 0.05) is 0 Å². The van der Waals surface area contributed by atoms with Crippen molar-refractivity contribution in [1.29, 1.82) is 0 Å². The lowest BCUT2D eigenvalue weighted by atomic mass is 10.0. The van der Waals surface area contributed by atoms with Gasteiger partial charge in [0.25, 0.3) is 0 Å². The Balaban J connectivity index is 4.12. The van der Waals surface area contributed by atoms with E-state index in [-0.39, 0.29) is 5.04 Å². The Morgan fingerprint density at radius 2 is 1.79 bits per heavy atom. The van der Waals surface area contributed by atoms with Gasteiger partial charge in [-0.2, -0.15) is 0 Å². The van der Waals surface area contributed by atoms with E-state index in [1.54, 1.807) is 0 Å². The van der Waals surface area contributed by atoms with Crippen molar-refractivity contribution in [2.45, 2.75) is 78.1 Å². The molecule has 0 radical (unpaired) electrons. The fourth-order valence-corrected chi connectivity index (χ4v) is 2.53. The van der Waals surface area contributed by atoms with Gasteiger partial charge < -0.3 is 9.53 Å². The highest BCUT2D eigenvalue weighted by Crippen LogP contribution is 2.36. The smallest absolute Gasteiger partial charge is 0.192 e. The summed E-state index contributed by atoms with van der Waals surface area (Å²) < 4.78 is 6.01. The predicted molar refractivity (Wildman–Crippen MR) is 87.0 cm³/mol. The van der Waals surface area contributed by atoms with Crippen molar-refractivity contribution in [3.05, 3.63) is 12.2 Å². The highest BCUT2D eigenvalue weighted by Gasteiger charge is 2.37. The van der Waals surface area contributed by atoms with Crippen LogP contribution in [0.4, 0.5) is 0 Å². The number of aliphatic hydroxyl groups excluding tert-OH is 1. The normalized spacial score (nSPS) is 16.8. The molecule has 2 atom stereocenters. The fourth-order valence-electron chi connectivity index (χ4n) is 1.51. The SMILES string of the molecule is CCCC[C@H](C)/C=C/[C@@H](O)CO[Si](C)(C)C(C)(C)C. The Morgan fingerprint density at radius 3 is 2.26 bits per heavy atom. The average molecular weight is 287 g/mol. The molecule has 0 bridgehead atoms. The molecule has 0 aromatic rings. The van der Waals surface area contributed by atoms with Crippen molar-refractivity contribution < 1.29 is 9.53 Å². The molecule has 2 nitrogen and oxygen atoms in total. The summed E-state index contributed by atoms with van der Waals surface area (Å²) in [6.45, 7) is 15.9. The van der Waals surface area contributed by atoms with Crippen LogP contribution in [-0.2, 0) is 4.43 Å². The number of unbranched alkanes of at least 4 members (excludes halogenated alkanes) is 1. The van der Waals surface area contributed by atoms with Crippen LogP contribution >= 0.6 is 0 Å². The van der Waals surface area contributed by atoms with Crippen LogP contribution in [0.15, 0.2) is 12.2 Å². The number of hydrogen-bond donors (Lipinski definition) is 1. The van der Waals surface area contributed by atoms with E-state index in [4.69, 9.17) is 4.43 Å². The maximum atomic E-state index is 9.96. The first kappa shape index (κ1) is 18.9. The van der Waals surface area contributed by atoms with Gasteiger partial charge in [0.1, 0.15) is 0 Å². The zero-order chi connectivity index (χ0) is 15.1. The van der Waals surface area contributed by atoms with Crippen molar-refractivity contribution in [2.75, 3.05) is 6.61 Å². The van der Waals surface area contributed by atoms with Gasteiger partial charge in [-0.05, 0) is 30.5 Å². The Hall–Kier alpha value is -0.123. The molecule has 0 aliphatic heterocycles. The van der Waals surface area contributed by atoms with E-state index >= 15 is 0 Å². The fraction of sp³-hybridized carbons (Fsp3) is 0.875. The Labute approximate surface area is 121 Å². The third-order valence-corrected chi connectivity index (χ3v) is 8.60. The van der Waals surface area contributed by atoms with Crippen LogP contribution < -0.4 is 0 Å². The molecule has 3 heteroatoms. The number of aliphatic hydroxyl groups is 1. The van der Waals surface area contributed by atoms with E-state index in [9.17, 15) is 5.11 Å². The molecule has 0 aliphatic rings. The van der Waals surface area contributed by atoms with E-state index in [1.807, 2.05) is 6.08 Å². The van der Waals surface area contributed by atoms with Crippen LogP contribution in [-0.4, -0.2) is 26.1 Å². The van der Waals surface area contributed by atoms with Crippen molar-refractivity contribution in [3.63, 3.8) is 0 Å². The van der Waals surface area contributed by atoms with Crippen molar-refractivity contribution in [3.8, 4) is 0 Å². The van der Waals surface area contributed by atoms with Crippen LogP contribution in [0.5, 0.6) is 0 Å². The summed E-state index contributed by atoms with van der Waals surface area (Å²) >= 11 is 0. The van der Waals surface area contributed by atoms with Gasteiger partial charge in [-0.15, -0.1) is 0 Å². The monoisotopic (exact) mass is 286 g/mol. The molecule has 114 valence electrons. The lowest BCUT2D eigenvalue weighted by Gasteiger charge is -2.36. The molecule has 0 spiro atoms. The molecule has 0 saturated heterocycles. The minimum absolute atomic E-state index is 0.199. The molecule has 0 unspecified atom stereocenters. The second-order valence-corrected chi connectivity index (χ2v) is 12.0. The summed E-state index contributed by atoms with van der Waals surface area (Å²) in [5.41, 5.74) is 0. The van der Waals surface area contributed by atoms with Crippen molar-refractivity contribution in [1.82, 2.24) is 0 Å². The minimum atomic E-state index is -1.74. The van der Waals surface area contributed by atoms with Gasteiger partial charge in [0.2, 0.25) is 0 Å². The molecule has 0 aromatic carbocycles. The van der Waals surface area contributed by atoms with Gasteiger partial charge in [-0.3, -0.25) is 0 Å². The molecule has 0 rings (SSSR count). The topological polar surface area (TPSA) is 29.5 Å². The third kappa shape index (κ3) is 7.90. The summed E-state index contributed by atoms with van der Waals surface area (Å²) in [7, 11) is -1.74. The molecular formula is C16H34O2Si. The lowest BCUT2D eigenvalue weighted by molar-refractivity contribution is 0.135. The molecular weight excluding hydrogens is 252 g/mol. The minimum Gasteiger partial charge on any atom is -0.414 e. The lowest BCUT2D eigenvalue weighted by Crippen LogP contribution is -2.42. The summed E-state index contributed by atoms with van der Waals surface area (Å²) in [5, 5.41) is 10.2. The van der Waals surface area contributed by atoms with E-state index < -0.39 is 14.4 Å². The number of hydrogen-bond acceptors (Lipinski definition) is 2. The molecule has 1 N–H and O–H groups in total. The maximum absolute atomic E-state index is 9.96. The first-order chi connectivity index (χ1) is 8.60. The zero-order valence-electron chi connectivity index (χ0n) is 14.0. The second-order valence-electron chi connectivity index (χ2n) is 7.14. The summed E-state index contributed by atoms with van der Waals surface area (Å²) in [6, 6.07) is 0. The first-order valence-corrected chi connectivity index (χ1v) is 10.5. The second kappa shape index (κ2) is 8.23. The largest absolute Gasteiger partial charge is 0.414 e. The zero-order valence-corrected chi connectivity index (χ0v) is 15.0.